The lowest BCUT2D eigenvalue weighted by Gasteiger charge is -2.26. The average Bonchev–Trinajstić information content (AvgIpc) is 3.09. The van der Waals surface area contributed by atoms with E-state index in [-0.39, 0.29) is 35.0 Å². The highest BCUT2D eigenvalue weighted by Gasteiger charge is 2.38. The Labute approximate surface area is 296 Å². The molecule has 1 aromatic heterocycles. The number of nitrogens with zero attached hydrogens (tertiary/aromatic N) is 4. The van der Waals surface area contributed by atoms with Crippen molar-refractivity contribution in [2.45, 2.75) is 58.8 Å². The van der Waals surface area contributed by atoms with E-state index in [4.69, 9.17) is 9.47 Å². The van der Waals surface area contributed by atoms with Crippen molar-refractivity contribution in [3.63, 3.8) is 0 Å². The highest BCUT2D eigenvalue weighted by Crippen LogP contribution is 2.39. The minimum absolute atomic E-state index is 0.0404. The average molecular weight is 734 g/mol. The number of ether oxygens (including phenoxy) is 2. The number of carbonyl (C=O) groups is 1. The van der Waals surface area contributed by atoms with Crippen LogP contribution in [0.25, 0.3) is 11.3 Å². The number of carbonyl (C=O) groups excluding carboxylic acids is 1. The number of aromatic nitrogens is 2. The van der Waals surface area contributed by atoms with Crippen LogP contribution < -0.4 is 19.7 Å². The van der Waals surface area contributed by atoms with Gasteiger partial charge in [-0.15, -0.1) is 0 Å². The summed E-state index contributed by atoms with van der Waals surface area (Å²) in [6.07, 6.45) is -7.24. The molecule has 52 heavy (non-hydrogen) atoms. The third-order valence-corrected chi connectivity index (χ3v) is 8.98. The summed E-state index contributed by atoms with van der Waals surface area (Å²) in [6, 6.07) is 9.92. The van der Waals surface area contributed by atoms with Gasteiger partial charge in [0.15, 0.2) is 11.6 Å². The zero-order chi connectivity index (χ0) is 37.8. The SMILES string of the molecule is Cc1ccc(-c2cc(OC(=O)N(C)c3cc(C(F)(F)F)cc(C(F)(F)F)c3)nc(Nc3ccc(OCCCN4CCCCC4)c(F)c3)n2)c(C)c1C. The molecule has 3 aromatic carbocycles. The van der Waals surface area contributed by atoms with Crippen molar-refractivity contribution in [3.8, 4) is 22.9 Å². The summed E-state index contributed by atoms with van der Waals surface area (Å²) in [7, 11) is 0.965. The summed E-state index contributed by atoms with van der Waals surface area (Å²) in [5.74, 6) is -1.09. The number of likely N-dealkylation sites (tertiary alicyclic amines) is 1. The van der Waals surface area contributed by atoms with E-state index in [0.29, 0.717) is 29.2 Å². The van der Waals surface area contributed by atoms with Gasteiger partial charge in [-0.1, -0.05) is 18.6 Å². The fraction of sp³-hybridized carbons (Fsp3) is 0.378. The Morgan fingerprint density at radius 1 is 0.865 bits per heavy atom. The second-order valence-electron chi connectivity index (χ2n) is 12.7. The van der Waals surface area contributed by atoms with E-state index in [2.05, 4.69) is 20.2 Å². The molecule has 0 atom stereocenters. The number of amides is 1. The van der Waals surface area contributed by atoms with Crippen LogP contribution in [0.5, 0.6) is 11.6 Å². The van der Waals surface area contributed by atoms with Gasteiger partial charge in [0.05, 0.1) is 23.4 Å². The molecule has 4 aromatic rings. The van der Waals surface area contributed by atoms with Crippen LogP contribution in [0.2, 0.25) is 0 Å². The highest BCUT2D eigenvalue weighted by molar-refractivity contribution is 5.89. The molecule has 0 saturated carbocycles. The first-order valence-corrected chi connectivity index (χ1v) is 16.6. The van der Waals surface area contributed by atoms with Gasteiger partial charge in [-0.25, -0.2) is 14.2 Å². The van der Waals surface area contributed by atoms with Crippen LogP contribution in [0.15, 0.2) is 54.6 Å². The minimum Gasteiger partial charge on any atom is -0.490 e. The normalized spacial score (nSPS) is 13.9. The first kappa shape index (κ1) is 38.3. The van der Waals surface area contributed by atoms with Crippen molar-refractivity contribution in [3.05, 3.63) is 88.2 Å². The molecule has 8 nitrogen and oxygen atoms in total. The smallest absolute Gasteiger partial charge is 0.420 e. The molecule has 1 aliphatic heterocycles. The van der Waals surface area contributed by atoms with Crippen LogP contribution in [-0.2, 0) is 12.4 Å². The second kappa shape index (κ2) is 15.8. The number of benzene rings is 3. The van der Waals surface area contributed by atoms with Crippen LogP contribution in [0.3, 0.4) is 0 Å². The zero-order valence-electron chi connectivity index (χ0n) is 29.0. The van der Waals surface area contributed by atoms with Crippen LogP contribution in [0, 0.1) is 26.6 Å². The van der Waals surface area contributed by atoms with Crippen molar-refractivity contribution in [1.29, 1.82) is 0 Å². The molecule has 1 N–H and O–H groups in total. The van der Waals surface area contributed by atoms with E-state index in [0.717, 1.165) is 49.8 Å². The third kappa shape index (κ3) is 9.49. The highest BCUT2D eigenvalue weighted by atomic mass is 19.4. The number of hydrogen-bond donors (Lipinski definition) is 1. The van der Waals surface area contributed by atoms with E-state index >= 15 is 4.39 Å². The van der Waals surface area contributed by atoms with E-state index in [1.165, 1.54) is 37.5 Å². The first-order chi connectivity index (χ1) is 24.5. The maximum atomic E-state index is 15.1. The van der Waals surface area contributed by atoms with Crippen molar-refractivity contribution in [1.82, 2.24) is 14.9 Å². The molecule has 2 heterocycles. The van der Waals surface area contributed by atoms with Gasteiger partial charge in [0.1, 0.15) is 0 Å². The number of hydrogen-bond acceptors (Lipinski definition) is 7. The summed E-state index contributed by atoms with van der Waals surface area (Å²) in [5, 5.41) is 2.88. The van der Waals surface area contributed by atoms with Gasteiger partial charge in [-0.05, 0) is 100 Å². The molecule has 1 fully saturated rings. The van der Waals surface area contributed by atoms with Gasteiger partial charge in [0, 0.05) is 42.7 Å². The summed E-state index contributed by atoms with van der Waals surface area (Å²) >= 11 is 0. The number of piperidine rings is 1. The molecule has 1 amide bonds. The van der Waals surface area contributed by atoms with E-state index < -0.39 is 41.1 Å². The molecule has 278 valence electrons. The minimum atomic E-state index is -5.12. The van der Waals surface area contributed by atoms with Gasteiger partial charge in [0.25, 0.3) is 0 Å². The molecule has 0 aliphatic carbocycles. The van der Waals surface area contributed by atoms with Crippen molar-refractivity contribution in [2.75, 3.05) is 43.5 Å². The number of nitrogens with one attached hydrogen (secondary N) is 1. The molecule has 0 bridgehead atoms. The molecule has 0 unspecified atom stereocenters. The summed E-state index contributed by atoms with van der Waals surface area (Å²) in [6.45, 7) is 9.01. The van der Waals surface area contributed by atoms with Crippen molar-refractivity contribution < 1.29 is 45.0 Å². The predicted octanol–water partition coefficient (Wildman–Crippen LogP) is 9.88. The van der Waals surface area contributed by atoms with Gasteiger partial charge >= 0.3 is 18.4 Å². The van der Waals surface area contributed by atoms with Crippen LogP contribution in [-0.4, -0.2) is 54.2 Å². The van der Waals surface area contributed by atoms with Crippen LogP contribution in [0.1, 0.15) is 53.5 Å². The fourth-order valence-corrected chi connectivity index (χ4v) is 5.78. The van der Waals surface area contributed by atoms with E-state index in [9.17, 15) is 31.1 Å². The monoisotopic (exact) mass is 733 g/mol. The van der Waals surface area contributed by atoms with Gasteiger partial charge in [0.2, 0.25) is 11.8 Å². The number of alkyl halides is 6. The number of halogens is 7. The molecule has 5 rings (SSSR count). The Morgan fingerprint density at radius 2 is 1.54 bits per heavy atom. The lowest BCUT2D eigenvalue weighted by atomic mass is 9.97. The standard InChI is InChI=1S/C37H38F7N5O3/c1-22-9-11-29(24(3)23(22)2)31-21-33(52-35(50)48(4)28-18-25(36(39,40)41)17-26(19-28)37(42,43)44)47-34(46-31)45-27-10-12-32(30(38)20-27)51-16-8-15-49-13-6-5-7-14-49/h9-12,17-21H,5-8,13-16H2,1-4H3,(H,45,46,47). The number of anilines is 3. The molecule has 0 spiro atoms. The summed E-state index contributed by atoms with van der Waals surface area (Å²) < 4.78 is 107. The zero-order valence-corrected chi connectivity index (χ0v) is 29.0. The molecule has 1 saturated heterocycles. The largest absolute Gasteiger partial charge is 0.490 e. The van der Waals surface area contributed by atoms with E-state index in [1.54, 1.807) is 12.1 Å². The van der Waals surface area contributed by atoms with Crippen LogP contribution in [0.4, 0.5) is 52.9 Å². The quantitative estimate of drug-likeness (QED) is 0.128. The summed E-state index contributed by atoms with van der Waals surface area (Å²) in [5.41, 5.74) is 0.0310. The van der Waals surface area contributed by atoms with Crippen molar-refractivity contribution in [2.24, 2.45) is 0 Å². The molecule has 0 radical (unpaired) electrons. The second-order valence-corrected chi connectivity index (χ2v) is 12.7. The maximum Gasteiger partial charge on any atom is 0.420 e. The Kier molecular flexibility index (Phi) is 11.6. The Morgan fingerprint density at radius 3 is 2.17 bits per heavy atom. The lowest BCUT2D eigenvalue weighted by Crippen LogP contribution is -2.31. The van der Waals surface area contributed by atoms with E-state index in [1.807, 2.05) is 26.8 Å². The molecular formula is C37H38F7N5O3. The van der Waals surface area contributed by atoms with Gasteiger partial charge in [-0.3, -0.25) is 4.90 Å². The lowest BCUT2D eigenvalue weighted by molar-refractivity contribution is -0.143. The summed E-state index contributed by atoms with van der Waals surface area (Å²) in [4.78, 5) is 24.8. The third-order valence-electron chi connectivity index (χ3n) is 8.98. The topological polar surface area (TPSA) is 79.8 Å². The predicted molar refractivity (Wildman–Crippen MR) is 183 cm³/mol. The van der Waals surface area contributed by atoms with Crippen LogP contribution >= 0.6 is 0 Å². The Balaban J connectivity index is 1.40. The molecule has 15 heteroatoms. The van der Waals surface area contributed by atoms with Crippen molar-refractivity contribution >= 4 is 23.4 Å². The maximum absolute atomic E-state index is 15.1. The number of rotatable bonds is 10. The van der Waals surface area contributed by atoms with Gasteiger partial charge in [-0.2, -0.15) is 31.3 Å². The Hall–Kier alpha value is -4.92. The number of aryl methyl sites for hydroxylation is 1. The first-order valence-electron chi connectivity index (χ1n) is 16.6. The fourth-order valence-electron chi connectivity index (χ4n) is 5.78. The Bertz CT molecular complexity index is 1880. The van der Waals surface area contributed by atoms with Gasteiger partial charge < -0.3 is 19.7 Å². The molecule has 1 aliphatic rings. The molecular weight excluding hydrogens is 695 g/mol.